The molecule has 2 aromatic heterocycles. The summed E-state index contributed by atoms with van der Waals surface area (Å²) in [6.45, 7) is 3.69. The summed E-state index contributed by atoms with van der Waals surface area (Å²) in [5, 5.41) is 11.1. The number of benzene rings is 2. The smallest absolute Gasteiger partial charge is 0.274 e. The predicted octanol–water partition coefficient (Wildman–Crippen LogP) is 4.33. The van der Waals surface area contributed by atoms with E-state index in [9.17, 15) is 4.79 Å². The maximum atomic E-state index is 12.6. The first-order chi connectivity index (χ1) is 13.6. The lowest BCUT2D eigenvalue weighted by atomic mass is 10.1. The number of carbonyl (C=O) groups is 1. The van der Waals surface area contributed by atoms with E-state index in [2.05, 4.69) is 27.8 Å². The van der Waals surface area contributed by atoms with Gasteiger partial charge in [0, 0.05) is 0 Å². The molecule has 1 atom stereocenters. The molecule has 0 fully saturated rings. The molecule has 0 spiro atoms. The second-order valence-electron chi connectivity index (χ2n) is 6.56. The van der Waals surface area contributed by atoms with E-state index in [-0.39, 0.29) is 11.9 Å². The third kappa shape index (κ3) is 3.44. The Morgan fingerprint density at radius 2 is 1.71 bits per heavy atom. The van der Waals surface area contributed by atoms with Crippen molar-refractivity contribution in [3.8, 4) is 16.8 Å². The van der Waals surface area contributed by atoms with Gasteiger partial charge in [0.25, 0.3) is 5.91 Å². The summed E-state index contributed by atoms with van der Waals surface area (Å²) in [6, 6.07) is 21.5. The lowest BCUT2D eigenvalue weighted by Crippen LogP contribution is -2.27. The van der Waals surface area contributed by atoms with Gasteiger partial charge in [0.05, 0.1) is 23.7 Å². The number of carbonyl (C=O) groups excluding carboxylic acids is 1. The van der Waals surface area contributed by atoms with Crippen molar-refractivity contribution in [1.29, 1.82) is 0 Å². The Hall–Kier alpha value is -3.67. The van der Waals surface area contributed by atoms with E-state index in [0.717, 1.165) is 16.8 Å². The molecule has 0 aliphatic rings. The van der Waals surface area contributed by atoms with Crippen molar-refractivity contribution in [2.24, 2.45) is 0 Å². The normalized spacial score (nSPS) is 11.9. The van der Waals surface area contributed by atoms with Gasteiger partial charge in [0.2, 0.25) is 0 Å². The van der Waals surface area contributed by atoms with Gasteiger partial charge in [-0.3, -0.25) is 4.79 Å². The largest absolute Gasteiger partial charge is 0.467 e. The summed E-state index contributed by atoms with van der Waals surface area (Å²) >= 11 is 0. The second kappa shape index (κ2) is 7.52. The van der Waals surface area contributed by atoms with Crippen LogP contribution >= 0.6 is 0 Å². The molecule has 140 valence electrons. The molecule has 0 aliphatic heterocycles. The Morgan fingerprint density at radius 3 is 2.39 bits per heavy atom. The van der Waals surface area contributed by atoms with Crippen LogP contribution in [0.1, 0.15) is 34.9 Å². The zero-order valence-electron chi connectivity index (χ0n) is 15.7. The fourth-order valence-corrected chi connectivity index (χ4v) is 3.08. The summed E-state index contributed by atoms with van der Waals surface area (Å²) in [4.78, 5) is 12.6. The molecule has 0 radical (unpaired) electrons. The minimum absolute atomic E-state index is 0.253. The van der Waals surface area contributed by atoms with Gasteiger partial charge in [-0.2, -0.15) is 0 Å². The summed E-state index contributed by atoms with van der Waals surface area (Å²) in [5.74, 6) is 0.406. The molecule has 0 bridgehead atoms. The van der Waals surface area contributed by atoms with Crippen LogP contribution in [0.15, 0.2) is 77.4 Å². The van der Waals surface area contributed by atoms with Crippen molar-refractivity contribution < 1.29 is 9.21 Å². The van der Waals surface area contributed by atoms with E-state index in [1.54, 1.807) is 17.0 Å². The van der Waals surface area contributed by atoms with E-state index in [1.807, 2.05) is 62.4 Å². The Bertz CT molecular complexity index is 1070. The average molecular weight is 372 g/mol. The SMILES string of the molecule is Cc1c(C(=O)NC(C)c2ccco2)nnn1-c1ccc(-c2ccccc2)cc1. The van der Waals surface area contributed by atoms with Gasteiger partial charge >= 0.3 is 0 Å². The van der Waals surface area contributed by atoms with Crippen LogP contribution in [-0.2, 0) is 0 Å². The van der Waals surface area contributed by atoms with Gasteiger partial charge in [-0.05, 0) is 49.2 Å². The number of nitrogens with zero attached hydrogens (tertiary/aromatic N) is 3. The van der Waals surface area contributed by atoms with Crippen molar-refractivity contribution in [3.05, 3.63) is 90.1 Å². The van der Waals surface area contributed by atoms with E-state index >= 15 is 0 Å². The number of hydrogen-bond acceptors (Lipinski definition) is 4. The molecule has 4 aromatic rings. The van der Waals surface area contributed by atoms with E-state index in [4.69, 9.17) is 4.42 Å². The van der Waals surface area contributed by atoms with Gasteiger partial charge in [-0.25, -0.2) is 4.68 Å². The lowest BCUT2D eigenvalue weighted by molar-refractivity contribution is 0.0929. The van der Waals surface area contributed by atoms with Crippen LogP contribution in [0.5, 0.6) is 0 Å². The van der Waals surface area contributed by atoms with Gasteiger partial charge in [0.1, 0.15) is 5.76 Å². The highest BCUT2D eigenvalue weighted by Gasteiger charge is 2.20. The Kier molecular flexibility index (Phi) is 4.76. The summed E-state index contributed by atoms with van der Waals surface area (Å²) < 4.78 is 7.00. The van der Waals surface area contributed by atoms with Crippen molar-refractivity contribution in [2.45, 2.75) is 19.9 Å². The fraction of sp³-hybridized carbons (Fsp3) is 0.136. The van der Waals surface area contributed by atoms with Gasteiger partial charge < -0.3 is 9.73 Å². The third-order valence-corrected chi connectivity index (χ3v) is 4.65. The van der Waals surface area contributed by atoms with Crippen molar-refractivity contribution in [2.75, 3.05) is 0 Å². The van der Waals surface area contributed by atoms with Gasteiger partial charge in [-0.1, -0.05) is 47.7 Å². The summed E-state index contributed by atoms with van der Waals surface area (Å²) in [5.41, 5.74) is 4.09. The van der Waals surface area contributed by atoms with Crippen LogP contribution in [0.4, 0.5) is 0 Å². The molecule has 28 heavy (non-hydrogen) atoms. The molecule has 1 unspecified atom stereocenters. The molecule has 2 aromatic carbocycles. The van der Waals surface area contributed by atoms with Gasteiger partial charge in [0.15, 0.2) is 5.69 Å². The number of amides is 1. The van der Waals surface area contributed by atoms with E-state index < -0.39 is 0 Å². The highest BCUT2D eigenvalue weighted by atomic mass is 16.3. The molecule has 0 saturated heterocycles. The van der Waals surface area contributed by atoms with Crippen molar-refractivity contribution >= 4 is 5.91 Å². The van der Waals surface area contributed by atoms with Crippen LogP contribution in [0, 0.1) is 6.92 Å². The zero-order chi connectivity index (χ0) is 19.5. The summed E-state index contributed by atoms with van der Waals surface area (Å²) in [6.07, 6.45) is 1.58. The Balaban J connectivity index is 1.54. The number of nitrogens with one attached hydrogen (secondary N) is 1. The highest BCUT2D eigenvalue weighted by Crippen LogP contribution is 2.21. The maximum Gasteiger partial charge on any atom is 0.274 e. The molecular weight excluding hydrogens is 352 g/mol. The number of hydrogen-bond donors (Lipinski definition) is 1. The Morgan fingerprint density at radius 1 is 1.00 bits per heavy atom. The van der Waals surface area contributed by atoms with Crippen LogP contribution in [0.3, 0.4) is 0 Å². The van der Waals surface area contributed by atoms with Crippen LogP contribution in [0.2, 0.25) is 0 Å². The number of rotatable bonds is 5. The number of furan rings is 1. The quantitative estimate of drug-likeness (QED) is 0.566. The molecule has 6 heteroatoms. The van der Waals surface area contributed by atoms with Crippen molar-refractivity contribution in [3.63, 3.8) is 0 Å². The first-order valence-electron chi connectivity index (χ1n) is 9.06. The molecule has 0 aliphatic carbocycles. The zero-order valence-corrected chi connectivity index (χ0v) is 15.7. The topological polar surface area (TPSA) is 73.0 Å². The molecule has 1 amide bonds. The third-order valence-electron chi connectivity index (χ3n) is 4.65. The lowest BCUT2D eigenvalue weighted by Gasteiger charge is -2.10. The standard InChI is InChI=1S/C22H20N4O2/c1-15(20-9-6-14-28-20)23-22(27)21-16(2)26(25-24-21)19-12-10-18(11-13-19)17-7-4-3-5-8-17/h3-15H,1-2H3,(H,23,27). The first-order valence-corrected chi connectivity index (χ1v) is 9.06. The molecular formula is C22H20N4O2. The minimum atomic E-state index is -0.284. The maximum absolute atomic E-state index is 12.6. The molecule has 6 nitrogen and oxygen atoms in total. The summed E-state index contributed by atoms with van der Waals surface area (Å²) in [7, 11) is 0. The van der Waals surface area contributed by atoms with Crippen LogP contribution in [0.25, 0.3) is 16.8 Å². The first kappa shape index (κ1) is 17.7. The number of aromatic nitrogens is 3. The average Bonchev–Trinajstić information content (AvgIpc) is 3.39. The molecule has 0 saturated carbocycles. The van der Waals surface area contributed by atoms with Gasteiger partial charge in [-0.15, -0.1) is 5.10 Å². The van der Waals surface area contributed by atoms with E-state index in [0.29, 0.717) is 17.1 Å². The Labute approximate surface area is 162 Å². The molecule has 1 N–H and O–H groups in total. The van der Waals surface area contributed by atoms with E-state index in [1.165, 1.54) is 0 Å². The molecule has 4 rings (SSSR count). The van der Waals surface area contributed by atoms with Crippen LogP contribution < -0.4 is 5.32 Å². The molecule has 2 heterocycles. The second-order valence-corrected chi connectivity index (χ2v) is 6.56. The highest BCUT2D eigenvalue weighted by molar-refractivity contribution is 5.93. The predicted molar refractivity (Wildman–Crippen MR) is 106 cm³/mol. The fourth-order valence-electron chi connectivity index (χ4n) is 3.08. The van der Waals surface area contributed by atoms with Crippen molar-refractivity contribution in [1.82, 2.24) is 20.3 Å². The monoisotopic (exact) mass is 372 g/mol. The minimum Gasteiger partial charge on any atom is -0.467 e. The van der Waals surface area contributed by atoms with Crippen LogP contribution in [-0.4, -0.2) is 20.9 Å².